The van der Waals surface area contributed by atoms with E-state index in [1.807, 2.05) is 46.3 Å². The fourth-order valence-electron chi connectivity index (χ4n) is 2.37. The minimum atomic E-state index is 0.0392. The lowest BCUT2D eigenvalue weighted by Crippen LogP contribution is -2.38. The van der Waals surface area contributed by atoms with Crippen LogP contribution in [0.3, 0.4) is 0 Å². The third kappa shape index (κ3) is 4.28. The van der Waals surface area contributed by atoms with E-state index in [1.54, 1.807) is 7.11 Å². The minimum absolute atomic E-state index is 0.0392. The van der Waals surface area contributed by atoms with E-state index in [4.69, 9.17) is 9.47 Å². The topological polar surface area (TPSA) is 51.7 Å². The minimum Gasteiger partial charge on any atom is -0.491 e. The predicted octanol–water partition coefficient (Wildman–Crippen LogP) is 3.02. The van der Waals surface area contributed by atoms with Gasteiger partial charge in [-0.3, -0.25) is 4.79 Å². The molecule has 0 atom stereocenters. The van der Waals surface area contributed by atoms with E-state index in [-0.39, 0.29) is 5.91 Å². The number of benzene rings is 1. The van der Waals surface area contributed by atoms with Gasteiger partial charge in [-0.15, -0.1) is 11.3 Å². The van der Waals surface area contributed by atoms with Gasteiger partial charge >= 0.3 is 0 Å². The van der Waals surface area contributed by atoms with Gasteiger partial charge < -0.3 is 14.4 Å². The van der Waals surface area contributed by atoms with Crippen molar-refractivity contribution >= 4 is 29.0 Å². The molecule has 1 aliphatic heterocycles. The number of nitrogens with zero attached hydrogens (tertiary/aromatic N) is 2. The number of hydrogen-bond donors (Lipinski definition) is 0. The first-order chi connectivity index (χ1) is 11.8. The van der Waals surface area contributed by atoms with Crippen LogP contribution in [0.15, 0.2) is 29.6 Å². The zero-order valence-corrected chi connectivity index (χ0v) is 15.2. The van der Waals surface area contributed by atoms with Gasteiger partial charge in [0, 0.05) is 42.6 Å². The van der Waals surface area contributed by atoms with Crippen molar-refractivity contribution in [1.82, 2.24) is 9.88 Å². The Morgan fingerprint density at radius 2 is 1.96 bits per heavy atom. The molecule has 1 fully saturated rings. The second kappa shape index (κ2) is 8.50. The zero-order valence-electron chi connectivity index (χ0n) is 13.6. The van der Waals surface area contributed by atoms with Gasteiger partial charge in [0.2, 0.25) is 0 Å². The van der Waals surface area contributed by atoms with Crippen LogP contribution in [0.5, 0.6) is 5.75 Å². The monoisotopic (exact) mass is 364 g/mol. The number of hydrogen-bond acceptors (Lipinski definition) is 6. The molecule has 0 unspecified atom stereocenters. The van der Waals surface area contributed by atoms with Crippen molar-refractivity contribution in [3.8, 4) is 16.3 Å². The molecule has 2 heterocycles. The van der Waals surface area contributed by atoms with Crippen LogP contribution in [0.1, 0.15) is 10.5 Å². The van der Waals surface area contributed by atoms with Crippen LogP contribution in [-0.2, 0) is 4.74 Å². The van der Waals surface area contributed by atoms with Crippen LogP contribution in [0.2, 0.25) is 0 Å². The summed E-state index contributed by atoms with van der Waals surface area (Å²) in [5, 5.41) is 2.70. The highest BCUT2D eigenvalue weighted by Gasteiger charge is 2.21. The first-order valence-corrected chi connectivity index (χ1v) is 9.86. The molecule has 1 saturated heterocycles. The molecule has 2 aromatic rings. The van der Waals surface area contributed by atoms with E-state index in [1.165, 1.54) is 11.3 Å². The number of ether oxygens (including phenoxy) is 2. The van der Waals surface area contributed by atoms with Crippen molar-refractivity contribution in [2.45, 2.75) is 0 Å². The predicted molar refractivity (Wildman–Crippen MR) is 98.1 cm³/mol. The molecule has 24 heavy (non-hydrogen) atoms. The maximum absolute atomic E-state index is 12.5. The van der Waals surface area contributed by atoms with Crippen LogP contribution in [0.25, 0.3) is 10.6 Å². The fraction of sp³-hybridized carbons (Fsp3) is 0.412. The highest BCUT2D eigenvalue weighted by molar-refractivity contribution is 7.99. The van der Waals surface area contributed by atoms with Crippen LogP contribution in [0.4, 0.5) is 0 Å². The standard InChI is InChI=1S/C17H20N2O3S2/c1-21-8-9-22-14-4-2-13(3-5-14)16-18-15(12-24-16)17(20)19-6-10-23-11-7-19/h2-5,12H,6-11H2,1H3. The highest BCUT2D eigenvalue weighted by Crippen LogP contribution is 2.26. The fourth-order valence-corrected chi connectivity index (χ4v) is 4.07. The van der Waals surface area contributed by atoms with E-state index in [9.17, 15) is 4.79 Å². The van der Waals surface area contributed by atoms with Crippen LogP contribution in [-0.4, -0.2) is 60.7 Å². The normalized spacial score (nSPS) is 14.6. The molecule has 7 heteroatoms. The van der Waals surface area contributed by atoms with Crippen LogP contribution in [0, 0.1) is 0 Å². The maximum Gasteiger partial charge on any atom is 0.273 e. The molecule has 1 amide bonds. The molecule has 5 nitrogen and oxygen atoms in total. The van der Waals surface area contributed by atoms with Crippen molar-refractivity contribution in [1.29, 1.82) is 0 Å². The number of rotatable bonds is 6. The zero-order chi connectivity index (χ0) is 16.8. The maximum atomic E-state index is 12.5. The molecule has 128 valence electrons. The van der Waals surface area contributed by atoms with Crippen molar-refractivity contribution in [2.24, 2.45) is 0 Å². The van der Waals surface area contributed by atoms with E-state index in [2.05, 4.69) is 4.98 Å². The number of thiazole rings is 1. The van der Waals surface area contributed by atoms with E-state index < -0.39 is 0 Å². The molecule has 1 aromatic carbocycles. The first kappa shape index (κ1) is 17.3. The molecule has 3 rings (SSSR count). The molecule has 1 aliphatic rings. The van der Waals surface area contributed by atoms with Gasteiger partial charge in [-0.2, -0.15) is 11.8 Å². The third-order valence-electron chi connectivity index (χ3n) is 3.68. The Kier molecular flexibility index (Phi) is 6.12. The third-order valence-corrected chi connectivity index (χ3v) is 5.51. The number of amides is 1. The summed E-state index contributed by atoms with van der Waals surface area (Å²) in [5.41, 5.74) is 1.54. The van der Waals surface area contributed by atoms with E-state index in [0.717, 1.165) is 40.9 Å². The molecule has 0 spiro atoms. The Morgan fingerprint density at radius 1 is 1.21 bits per heavy atom. The van der Waals surface area contributed by atoms with Gasteiger partial charge in [0.1, 0.15) is 23.1 Å². The average molecular weight is 364 g/mol. The summed E-state index contributed by atoms with van der Waals surface area (Å²) in [6.45, 7) is 2.71. The highest BCUT2D eigenvalue weighted by atomic mass is 32.2. The quantitative estimate of drug-likeness (QED) is 0.738. The van der Waals surface area contributed by atoms with Crippen molar-refractivity contribution in [3.63, 3.8) is 0 Å². The smallest absolute Gasteiger partial charge is 0.273 e. The summed E-state index contributed by atoms with van der Waals surface area (Å²) in [4.78, 5) is 18.9. The summed E-state index contributed by atoms with van der Waals surface area (Å²) >= 11 is 3.39. The molecule has 0 aliphatic carbocycles. The SMILES string of the molecule is COCCOc1ccc(-c2nc(C(=O)N3CCSCC3)cs2)cc1. The number of thioether (sulfide) groups is 1. The summed E-state index contributed by atoms with van der Waals surface area (Å²) in [7, 11) is 1.65. The summed E-state index contributed by atoms with van der Waals surface area (Å²) in [5.74, 6) is 2.85. The second-order valence-electron chi connectivity index (χ2n) is 5.31. The van der Waals surface area contributed by atoms with E-state index in [0.29, 0.717) is 18.9 Å². The van der Waals surface area contributed by atoms with Crippen LogP contribution < -0.4 is 4.74 Å². The Bertz CT molecular complexity index is 667. The molecule has 0 saturated carbocycles. The lowest BCUT2D eigenvalue weighted by molar-refractivity contribution is 0.0767. The lowest BCUT2D eigenvalue weighted by atomic mass is 10.2. The van der Waals surface area contributed by atoms with Crippen molar-refractivity contribution in [3.05, 3.63) is 35.3 Å². The molecule has 0 radical (unpaired) electrons. The van der Waals surface area contributed by atoms with Gasteiger partial charge in [0.25, 0.3) is 5.91 Å². The summed E-state index contributed by atoms with van der Waals surface area (Å²) < 4.78 is 10.5. The number of carbonyl (C=O) groups is 1. The second-order valence-corrected chi connectivity index (χ2v) is 7.39. The Hall–Kier alpha value is -1.57. The van der Waals surface area contributed by atoms with Gasteiger partial charge in [0.05, 0.1) is 6.61 Å². The molecule has 1 aromatic heterocycles. The Labute approximate surface area is 150 Å². The number of carbonyl (C=O) groups excluding carboxylic acids is 1. The van der Waals surface area contributed by atoms with Gasteiger partial charge in [0.15, 0.2) is 0 Å². The van der Waals surface area contributed by atoms with Gasteiger partial charge in [-0.25, -0.2) is 4.98 Å². The molecule has 0 N–H and O–H groups in total. The van der Waals surface area contributed by atoms with Crippen molar-refractivity contribution < 1.29 is 14.3 Å². The molecular weight excluding hydrogens is 344 g/mol. The van der Waals surface area contributed by atoms with E-state index >= 15 is 0 Å². The van der Waals surface area contributed by atoms with Crippen molar-refractivity contribution in [2.75, 3.05) is 44.9 Å². The first-order valence-electron chi connectivity index (χ1n) is 7.82. The van der Waals surface area contributed by atoms with Gasteiger partial charge in [-0.1, -0.05) is 0 Å². The van der Waals surface area contributed by atoms with Gasteiger partial charge in [-0.05, 0) is 24.3 Å². The van der Waals surface area contributed by atoms with Crippen LogP contribution >= 0.6 is 23.1 Å². The largest absolute Gasteiger partial charge is 0.491 e. The molecular formula is C17H20N2O3S2. The number of aromatic nitrogens is 1. The Balaban J connectivity index is 1.65. The Morgan fingerprint density at radius 3 is 2.67 bits per heavy atom. The summed E-state index contributed by atoms with van der Waals surface area (Å²) in [6.07, 6.45) is 0. The summed E-state index contributed by atoms with van der Waals surface area (Å²) in [6, 6.07) is 7.75. The molecule has 0 bridgehead atoms. The number of methoxy groups -OCH3 is 1. The lowest BCUT2D eigenvalue weighted by Gasteiger charge is -2.25. The average Bonchev–Trinajstić information content (AvgIpc) is 3.13.